The molecule has 8 nitrogen and oxygen atoms in total. The number of nitrogens with zero attached hydrogens (tertiary/aromatic N) is 3. The van der Waals surface area contributed by atoms with Crippen LogP contribution in [0.1, 0.15) is 57.7 Å². The van der Waals surface area contributed by atoms with Crippen LogP contribution in [0.5, 0.6) is 0 Å². The lowest BCUT2D eigenvalue weighted by Crippen LogP contribution is -2.37. The Morgan fingerprint density at radius 2 is 1.77 bits per heavy atom. The van der Waals surface area contributed by atoms with E-state index in [9.17, 15) is 13.2 Å². The minimum atomic E-state index is -3.60. The Hall–Kier alpha value is -1.78. The molecular weight excluding hydrogens is 422 g/mol. The highest BCUT2D eigenvalue weighted by Gasteiger charge is 2.29. The van der Waals surface area contributed by atoms with Gasteiger partial charge in [-0.1, -0.05) is 20.8 Å². The van der Waals surface area contributed by atoms with Crippen LogP contribution in [0, 0.1) is 0 Å². The highest BCUT2D eigenvalue weighted by molar-refractivity contribution is 7.99. The normalized spacial score (nSPS) is 16.6. The van der Waals surface area contributed by atoms with Crippen molar-refractivity contribution in [2.75, 3.05) is 29.9 Å². The SMILES string of the molecule is CC(C)(C)c1cc(NC(=O)c2cc(S(=O)(=O)N3CCSCC3)c[nH]2)n(C(C)(C)C)n1. The summed E-state index contributed by atoms with van der Waals surface area (Å²) in [6, 6.07) is 3.27. The molecule has 2 aromatic rings. The zero-order chi connectivity index (χ0) is 22.3. The number of hydrogen-bond acceptors (Lipinski definition) is 5. The summed E-state index contributed by atoms with van der Waals surface area (Å²) in [5.41, 5.74) is 0.559. The van der Waals surface area contributed by atoms with E-state index in [1.807, 2.05) is 26.8 Å². The molecule has 10 heteroatoms. The molecule has 0 bridgehead atoms. The van der Waals surface area contributed by atoms with Crippen LogP contribution in [0.3, 0.4) is 0 Å². The number of sulfonamides is 1. The minimum absolute atomic E-state index is 0.110. The Balaban J connectivity index is 1.85. The molecule has 0 aliphatic carbocycles. The molecule has 2 aromatic heterocycles. The molecule has 1 saturated heterocycles. The van der Waals surface area contributed by atoms with Gasteiger partial charge in [-0.15, -0.1) is 0 Å². The molecule has 0 atom stereocenters. The molecule has 1 fully saturated rings. The first-order valence-corrected chi connectivity index (χ1v) is 12.6. The van der Waals surface area contributed by atoms with E-state index >= 15 is 0 Å². The fraction of sp³-hybridized carbons (Fsp3) is 0.600. The van der Waals surface area contributed by atoms with Gasteiger partial charge in [0.1, 0.15) is 16.4 Å². The van der Waals surface area contributed by atoms with Crippen molar-refractivity contribution < 1.29 is 13.2 Å². The van der Waals surface area contributed by atoms with E-state index in [1.165, 1.54) is 16.6 Å². The van der Waals surface area contributed by atoms with Crippen LogP contribution < -0.4 is 5.32 Å². The van der Waals surface area contributed by atoms with Gasteiger partial charge in [0.05, 0.1) is 11.2 Å². The number of nitrogens with one attached hydrogen (secondary N) is 2. The van der Waals surface area contributed by atoms with Crippen molar-refractivity contribution in [2.24, 2.45) is 0 Å². The topological polar surface area (TPSA) is 100 Å². The molecule has 3 rings (SSSR count). The largest absolute Gasteiger partial charge is 0.356 e. The Kier molecular flexibility index (Phi) is 6.14. The third-order valence-corrected chi connectivity index (χ3v) is 7.68. The number of hydrogen-bond donors (Lipinski definition) is 2. The summed E-state index contributed by atoms with van der Waals surface area (Å²) in [6.07, 6.45) is 1.38. The molecule has 30 heavy (non-hydrogen) atoms. The summed E-state index contributed by atoms with van der Waals surface area (Å²) >= 11 is 1.74. The summed E-state index contributed by atoms with van der Waals surface area (Å²) in [6.45, 7) is 13.2. The first kappa shape index (κ1) is 22.9. The zero-order valence-electron chi connectivity index (χ0n) is 18.4. The summed E-state index contributed by atoms with van der Waals surface area (Å²) in [5.74, 6) is 1.73. The number of carbonyl (C=O) groups excluding carboxylic acids is 1. The van der Waals surface area contributed by atoms with Gasteiger partial charge in [0.15, 0.2) is 0 Å². The van der Waals surface area contributed by atoms with E-state index in [4.69, 9.17) is 5.10 Å². The van der Waals surface area contributed by atoms with E-state index in [0.29, 0.717) is 18.9 Å². The van der Waals surface area contributed by atoms with Gasteiger partial charge in [-0.05, 0) is 26.8 Å². The Morgan fingerprint density at radius 3 is 2.33 bits per heavy atom. The van der Waals surface area contributed by atoms with Gasteiger partial charge in [0.2, 0.25) is 10.0 Å². The molecule has 0 saturated carbocycles. The number of aromatic amines is 1. The average molecular weight is 454 g/mol. The van der Waals surface area contributed by atoms with Crippen LogP contribution in [0.25, 0.3) is 0 Å². The summed E-state index contributed by atoms with van der Waals surface area (Å²) in [7, 11) is -3.60. The second-order valence-corrected chi connectivity index (χ2v) is 12.6. The van der Waals surface area contributed by atoms with Crippen molar-refractivity contribution in [1.29, 1.82) is 0 Å². The second-order valence-electron chi connectivity index (χ2n) is 9.47. The van der Waals surface area contributed by atoms with Gasteiger partial charge >= 0.3 is 0 Å². The third kappa shape index (κ3) is 4.76. The number of carbonyl (C=O) groups is 1. The number of anilines is 1. The molecule has 3 heterocycles. The molecule has 1 aliphatic heterocycles. The molecule has 1 amide bonds. The maximum absolute atomic E-state index is 12.9. The van der Waals surface area contributed by atoms with Gasteiger partial charge in [0.25, 0.3) is 5.91 Å². The number of aromatic nitrogens is 3. The second kappa shape index (κ2) is 8.05. The fourth-order valence-corrected chi connectivity index (χ4v) is 5.69. The van der Waals surface area contributed by atoms with Crippen molar-refractivity contribution in [3.05, 3.63) is 29.7 Å². The summed E-state index contributed by atoms with van der Waals surface area (Å²) < 4.78 is 28.9. The number of H-pyrrole nitrogens is 1. The average Bonchev–Trinajstić information content (AvgIpc) is 3.29. The molecule has 2 N–H and O–H groups in total. The van der Waals surface area contributed by atoms with E-state index in [2.05, 4.69) is 31.1 Å². The van der Waals surface area contributed by atoms with Crippen LogP contribution in [0.4, 0.5) is 5.82 Å². The first-order valence-electron chi connectivity index (χ1n) is 9.99. The maximum Gasteiger partial charge on any atom is 0.273 e. The van der Waals surface area contributed by atoms with Crippen LogP contribution in [-0.2, 0) is 21.0 Å². The standard InChI is InChI=1S/C20H31N5O3S2/c1-19(2,3)16-12-17(25(23-16)20(4,5)6)22-18(26)15-11-14(13-21-15)30(27,28)24-7-9-29-10-8-24/h11-13,21H,7-10H2,1-6H3,(H,22,26). The number of thioether (sulfide) groups is 1. The van der Waals surface area contributed by atoms with E-state index in [0.717, 1.165) is 17.2 Å². The highest BCUT2D eigenvalue weighted by Crippen LogP contribution is 2.28. The lowest BCUT2D eigenvalue weighted by molar-refractivity contribution is 0.102. The van der Waals surface area contributed by atoms with Crippen molar-refractivity contribution >= 4 is 33.5 Å². The van der Waals surface area contributed by atoms with Crippen molar-refractivity contribution in [3.8, 4) is 0 Å². The molecule has 166 valence electrons. The predicted octanol–water partition coefficient (Wildman–Crippen LogP) is 3.25. The quantitative estimate of drug-likeness (QED) is 0.740. The van der Waals surface area contributed by atoms with Crippen LogP contribution in [-0.4, -0.2) is 58.0 Å². The molecule has 0 aromatic carbocycles. The third-order valence-electron chi connectivity index (χ3n) is 4.86. The summed E-state index contributed by atoms with van der Waals surface area (Å²) in [4.78, 5) is 15.8. The van der Waals surface area contributed by atoms with Crippen molar-refractivity contribution in [1.82, 2.24) is 19.1 Å². The molecular formula is C20H31N5O3S2. The monoisotopic (exact) mass is 453 g/mol. The lowest BCUT2D eigenvalue weighted by Gasteiger charge is -2.24. The van der Waals surface area contributed by atoms with Crippen LogP contribution in [0.15, 0.2) is 23.2 Å². The maximum atomic E-state index is 12.9. The van der Waals surface area contributed by atoms with Crippen molar-refractivity contribution in [2.45, 2.75) is 57.4 Å². The predicted molar refractivity (Wildman–Crippen MR) is 121 cm³/mol. The van der Waals surface area contributed by atoms with Gasteiger partial charge in [-0.2, -0.15) is 21.2 Å². The molecule has 0 unspecified atom stereocenters. The zero-order valence-corrected chi connectivity index (χ0v) is 20.1. The van der Waals surface area contributed by atoms with Crippen LogP contribution in [0.2, 0.25) is 0 Å². The Bertz CT molecular complexity index is 1020. The molecule has 1 aliphatic rings. The Labute approximate surface area is 182 Å². The lowest BCUT2D eigenvalue weighted by atomic mass is 9.92. The van der Waals surface area contributed by atoms with Gasteiger partial charge in [0, 0.05) is 42.3 Å². The Morgan fingerprint density at radius 1 is 1.13 bits per heavy atom. The van der Waals surface area contributed by atoms with Gasteiger partial charge in [-0.25, -0.2) is 13.1 Å². The first-order chi connectivity index (χ1) is 13.8. The van der Waals surface area contributed by atoms with Gasteiger partial charge < -0.3 is 10.3 Å². The highest BCUT2D eigenvalue weighted by atomic mass is 32.2. The van der Waals surface area contributed by atoms with Crippen LogP contribution >= 0.6 is 11.8 Å². The number of rotatable bonds is 4. The van der Waals surface area contributed by atoms with E-state index < -0.39 is 15.9 Å². The van der Waals surface area contributed by atoms with Crippen molar-refractivity contribution in [3.63, 3.8) is 0 Å². The van der Waals surface area contributed by atoms with E-state index in [-0.39, 0.29) is 21.5 Å². The number of amides is 1. The minimum Gasteiger partial charge on any atom is -0.356 e. The smallest absolute Gasteiger partial charge is 0.273 e. The molecule has 0 spiro atoms. The molecule has 0 radical (unpaired) electrons. The van der Waals surface area contributed by atoms with E-state index in [1.54, 1.807) is 16.4 Å². The van der Waals surface area contributed by atoms with Gasteiger partial charge in [-0.3, -0.25) is 4.79 Å². The fourth-order valence-electron chi connectivity index (χ4n) is 3.12. The summed E-state index contributed by atoms with van der Waals surface area (Å²) in [5, 5.41) is 7.58.